The molecular weight excluding hydrogens is 309 g/mol. The summed E-state index contributed by atoms with van der Waals surface area (Å²) in [7, 11) is 2.31. The molecule has 0 radical (unpaired) electrons. The number of hydrogen-bond donors (Lipinski definition) is 0. The molecule has 0 saturated carbocycles. The molecule has 1 aromatic carbocycles. The van der Waals surface area contributed by atoms with Gasteiger partial charge in [-0.15, -0.1) is 0 Å². The van der Waals surface area contributed by atoms with Crippen molar-refractivity contribution >= 4 is 22.6 Å². The van der Waals surface area contributed by atoms with E-state index in [2.05, 4.69) is 58.8 Å². The zero-order valence-electron chi connectivity index (χ0n) is 9.70. The molecule has 2 heterocycles. The smallest absolute Gasteiger partial charge is 0.0130 e. The molecule has 2 unspecified atom stereocenters. The number of rotatable bonds is 1. The van der Waals surface area contributed by atoms with Crippen LogP contribution in [0.3, 0.4) is 0 Å². The third-order valence-corrected chi connectivity index (χ3v) is 5.16. The van der Waals surface area contributed by atoms with Gasteiger partial charge in [0.2, 0.25) is 0 Å². The van der Waals surface area contributed by atoms with Gasteiger partial charge >= 0.3 is 0 Å². The maximum absolute atomic E-state index is 2.61. The Hall–Kier alpha value is -0.0900. The SMILES string of the molecule is CN1C2CCC1CC(c1ccc(I)cc1)C2. The molecule has 86 valence electrons. The van der Waals surface area contributed by atoms with Gasteiger partial charge in [-0.3, -0.25) is 0 Å². The van der Waals surface area contributed by atoms with Crippen molar-refractivity contribution in [3.63, 3.8) is 0 Å². The molecule has 2 atom stereocenters. The van der Waals surface area contributed by atoms with Crippen molar-refractivity contribution in [3.05, 3.63) is 33.4 Å². The highest BCUT2D eigenvalue weighted by Gasteiger charge is 2.38. The Labute approximate surface area is 111 Å². The topological polar surface area (TPSA) is 3.24 Å². The van der Waals surface area contributed by atoms with Gasteiger partial charge in [0.05, 0.1) is 0 Å². The van der Waals surface area contributed by atoms with E-state index in [4.69, 9.17) is 0 Å². The summed E-state index contributed by atoms with van der Waals surface area (Å²) in [5, 5.41) is 0. The van der Waals surface area contributed by atoms with E-state index in [-0.39, 0.29) is 0 Å². The molecular formula is C14H18IN. The summed E-state index contributed by atoms with van der Waals surface area (Å²) in [6.45, 7) is 0. The fraction of sp³-hybridized carbons (Fsp3) is 0.571. The summed E-state index contributed by atoms with van der Waals surface area (Å²) < 4.78 is 1.34. The van der Waals surface area contributed by atoms with Crippen LogP contribution in [0.1, 0.15) is 37.2 Å². The first-order valence-electron chi connectivity index (χ1n) is 6.21. The number of hydrogen-bond acceptors (Lipinski definition) is 1. The van der Waals surface area contributed by atoms with Crippen LogP contribution in [-0.4, -0.2) is 24.0 Å². The highest BCUT2D eigenvalue weighted by Crippen LogP contribution is 2.41. The van der Waals surface area contributed by atoms with Crippen LogP contribution in [0.4, 0.5) is 0 Å². The quantitative estimate of drug-likeness (QED) is 0.712. The van der Waals surface area contributed by atoms with Crippen molar-refractivity contribution in [3.8, 4) is 0 Å². The predicted molar refractivity (Wildman–Crippen MR) is 75.7 cm³/mol. The van der Waals surface area contributed by atoms with Crippen LogP contribution < -0.4 is 0 Å². The molecule has 2 aliphatic heterocycles. The number of fused-ring (bicyclic) bond motifs is 2. The lowest BCUT2D eigenvalue weighted by atomic mass is 9.85. The fourth-order valence-corrected chi connectivity index (χ4v) is 3.78. The monoisotopic (exact) mass is 327 g/mol. The van der Waals surface area contributed by atoms with Gasteiger partial charge in [0.15, 0.2) is 0 Å². The third kappa shape index (κ3) is 1.90. The summed E-state index contributed by atoms with van der Waals surface area (Å²) in [6.07, 6.45) is 5.57. The molecule has 3 rings (SSSR count). The van der Waals surface area contributed by atoms with E-state index in [9.17, 15) is 0 Å². The Morgan fingerprint density at radius 2 is 1.62 bits per heavy atom. The molecule has 2 aliphatic rings. The first kappa shape index (κ1) is 11.0. The molecule has 1 nitrogen and oxygen atoms in total. The van der Waals surface area contributed by atoms with Crippen LogP contribution in [0.15, 0.2) is 24.3 Å². The Balaban J connectivity index is 1.80. The lowest BCUT2D eigenvalue weighted by molar-refractivity contribution is 0.161. The lowest BCUT2D eigenvalue weighted by Gasteiger charge is -2.36. The van der Waals surface area contributed by atoms with Crippen molar-refractivity contribution in [2.24, 2.45) is 0 Å². The molecule has 2 heteroatoms. The molecule has 0 aromatic heterocycles. The average Bonchev–Trinajstić information content (AvgIpc) is 2.54. The van der Waals surface area contributed by atoms with E-state index in [1.54, 1.807) is 5.56 Å². The fourth-order valence-electron chi connectivity index (χ4n) is 3.42. The Morgan fingerprint density at radius 1 is 1.06 bits per heavy atom. The van der Waals surface area contributed by atoms with Crippen LogP contribution in [-0.2, 0) is 0 Å². The minimum atomic E-state index is 0.811. The highest BCUT2D eigenvalue weighted by atomic mass is 127. The Kier molecular flexibility index (Phi) is 2.96. The number of piperidine rings is 1. The molecule has 1 aromatic rings. The molecule has 16 heavy (non-hydrogen) atoms. The summed E-state index contributed by atoms with van der Waals surface area (Å²) >= 11 is 2.38. The van der Waals surface area contributed by atoms with E-state index in [0.29, 0.717) is 0 Å². The maximum Gasteiger partial charge on any atom is 0.0130 e. The molecule has 0 amide bonds. The predicted octanol–water partition coefficient (Wildman–Crippen LogP) is 3.63. The summed E-state index contributed by atoms with van der Waals surface area (Å²) in [4.78, 5) is 2.61. The normalized spacial score (nSPS) is 34.2. The second kappa shape index (κ2) is 4.30. The minimum Gasteiger partial charge on any atom is -0.300 e. The van der Waals surface area contributed by atoms with Gasteiger partial charge in [0.25, 0.3) is 0 Å². The minimum absolute atomic E-state index is 0.811. The standard InChI is InChI=1S/C14H18IN/c1-16-13-6-7-14(16)9-11(8-13)10-2-4-12(15)5-3-10/h2-5,11,13-14H,6-9H2,1H3. The van der Waals surface area contributed by atoms with E-state index in [1.165, 1.54) is 29.3 Å². The zero-order valence-corrected chi connectivity index (χ0v) is 11.9. The molecule has 0 aliphatic carbocycles. The van der Waals surface area contributed by atoms with Crippen LogP contribution in [0.5, 0.6) is 0 Å². The molecule has 0 N–H and O–H groups in total. The van der Waals surface area contributed by atoms with Crippen LogP contribution >= 0.6 is 22.6 Å². The lowest BCUT2D eigenvalue weighted by Crippen LogP contribution is -2.39. The van der Waals surface area contributed by atoms with Crippen molar-refractivity contribution < 1.29 is 0 Å². The van der Waals surface area contributed by atoms with Gasteiger partial charge in [-0.25, -0.2) is 0 Å². The zero-order chi connectivity index (χ0) is 11.1. The highest BCUT2D eigenvalue weighted by molar-refractivity contribution is 14.1. The van der Waals surface area contributed by atoms with Gasteiger partial charge in [-0.2, -0.15) is 0 Å². The molecule has 2 bridgehead atoms. The Bertz CT molecular complexity index is 359. The maximum atomic E-state index is 2.61. The first-order chi connectivity index (χ1) is 7.74. The largest absolute Gasteiger partial charge is 0.300 e. The summed E-state index contributed by atoms with van der Waals surface area (Å²) in [6, 6.07) is 10.9. The van der Waals surface area contributed by atoms with Crippen molar-refractivity contribution in [1.82, 2.24) is 4.90 Å². The van der Waals surface area contributed by atoms with Crippen LogP contribution in [0.25, 0.3) is 0 Å². The van der Waals surface area contributed by atoms with Gasteiger partial charge in [0.1, 0.15) is 0 Å². The second-order valence-corrected chi connectivity index (χ2v) is 6.52. The second-order valence-electron chi connectivity index (χ2n) is 5.27. The van der Waals surface area contributed by atoms with E-state index < -0.39 is 0 Å². The van der Waals surface area contributed by atoms with Gasteiger partial charge in [-0.05, 0) is 78.9 Å². The summed E-state index contributed by atoms with van der Waals surface area (Å²) in [5.41, 5.74) is 1.56. The number of halogens is 1. The first-order valence-corrected chi connectivity index (χ1v) is 7.29. The Morgan fingerprint density at radius 3 is 2.19 bits per heavy atom. The van der Waals surface area contributed by atoms with Gasteiger partial charge in [-0.1, -0.05) is 12.1 Å². The van der Waals surface area contributed by atoms with Crippen molar-refractivity contribution in [1.29, 1.82) is 0 Å². The number of benzene rings is 1. The van der Waals surface area contributed by atoms with Crippen LogP contribution in [0.2, 0.25) is 0 Å². The number of nitrogens with zero attached hydrogens (tertiary/aromatic N) is 1. The van der Waals surface area contributed by atoms with E-state index in [0.717, 1.165) is 18.0 Å². The summed E-state index contributed by atoms with van der Waals surface area (Å²) in [5.74, 6) is 0.811. The van der Waals surface area contributed by atoms with Crippen LogP contribution in [0, 0.1) is 3.57 Å². The van der Waals surface area contributed by atoms with Crippen molar-refractivity contribution in [2.45, 2.75) is 43.7 Å². The van der Waals surface area contributed by atoms with E-state index >= 15 is 0 Å². The third-order valence-electron chi connectivity index (χ3n) is 4.44. The average molecular weight is 327 g/mol. The molecule has 0 spiro atoms. The van der Waals surface area contributed by atoms with E-state index in [1.807, 2.05) is 0 Å². The molecule has 2 saturated heterocycles. The molecule has 2 fully saturated rings. The van der Waals surface area contributed by atoms with Gasteiger partial charge in [0, 0.05) is 15.7 Å². The van der Waals surface area contributed by atoms with Crippen molar-refractivity contribution in [2.75, 3.05) is 7.05 Å². The van der Waals surface area contributed by atoms with Gasteiger partial charge < -0.3 is 4.90 Å².